The van der Waals surface area contributed by atoms with Gasteiger partial charge >= 0.3 is 0 Å². The molecule has 0 radical (unpaired) electrons. The van der Waals surface area contributed by atoms with Crippen molar-refractivity contribution in [3.8, 4) is 0 Å². The summed E-state index contributed by atoms with van der Waals surface area (Å²) in [6, 6.07) is 0. The lowest BCUT2D eigenvalue weighted by Crippen LogP contribution is -2.49. The van der Waals surface area contributed by atoms with Gasteiger partial charge in [-0.1, -0.05) is 0 Å². The van der Waals surface area contributed by atoms with Crippen LogP contribution in [0.2, 0.25) is 0 Å². The first-order chi connectivity index (χ1) is 8.54. The molecule has 0 amide bonds. The monoisotopic (exact) mass is 267 g/mol. The zero-order chi connectivity index (χ0) is 14.0. The molecule has 7 heteroatoms. The second kappa shape index (κ2) is 10.6. The third-order valence-corrected chi connectivity index (χ3v) is 2.69. The van der Waals surface area contributed by atoms with Crippen molar-refractivity contribution in [3.05, 3.63) is 0 Å². The van der Waals surface area contributed by atoms with Crippen LogP contribution in [-0.4, -0.2) is 81.4 Å². The molecular formula is C11H25NO6. The van der Waals surface area contributed by atoms with Crippen LogP contribution in [0.3, 0.4) is 0 Å². The van der Waals surface area contributed by atoms with Gasteiger partial charge in [-0.05, 0) is 25.8 Å². The van der Waals surface area contributed by atoms with Crippen LogP contribution in [0.5, 0.6) is 0 Å². The van der Waals surface area contributed by atoms with Gasteiger partial charge in [-0.15, -0.1) is 0 Å². The summed E-state index contributed by atoms with van der Waals surface area (Å²) in [7, 11) is 0. The predicted octanol–water partition coefficient (Wildman–Crippen LogP) is -2.83. The van der Waals surface area contributed by atoms with E-state index in [1.807, 2.05) is 0 Å². The molecule has 4 atom stereocenters. The molecule has 7 nitrogen and oxygen atoms in total. The standard InChI is InChI=1S/C11H25NO6/c13-5-3-1-2-4-12-6-8(15)10(17)11(18)9(16)7-14/h8-18H,1-7H2/t8-,9+,10+,11+/m0/s1. The average Bonchev–Trinajstić information content (AvgIpc) is 2.39. The zero-order valence-corrected chi connectivity index (χ0v) is 10.4. The fraction of sp³-hybridized carbons (Fsp3) is 1.00. The third kappa shape index (κ3) is 7.22. The van der Waals surface area contributed by atoms with E-state index in [2.05, 4.69) is 5.32 Å². The molecule has 0 rings (SSSR count). The maximum absolute atomic E-state index is 9.53. The van der Waals surface area contributed by atoms with Gasteiger partial charge in [0.2, 0.25) is 0 Å². The summed E-state index contributed by atoms with van der Waals surface area (Å²) in [5.74, 6) is 0. The number of rotatable bonds is 11. The summed E-state index contributed by atoms with van der Waals surface area (Å²) in [5, 5.41) is 57.5. The second-order valence-electron chi connectivity index (χ2n) is 4.29. The Morgan fingerprint density at radius 3 is 1.94 bits per heavy atom. The molecule has 18 heavy (non-hydrogen) atoms. The molecule has 0 aromatic heterocycles. The molecule has 0 aromatic carbocycles. The first kappa shape index (κ1) is 17.7. The molecule has 0 aliphatic rings. The predicted molar refractivity (Wildman–Crippen MR) is 64.9 cm³/mol. The number of hydrogen-bond donors (Lipinski definition) is 7. The van der Waals surface area contributed by atoms with Crippen LogP contribution in [0.25, 0.3) is 0 Å². The van der Waals surface area contributed by atoms with Crippen LogP contribution in [0.4, 0.5) is 0 Å². The summed E-state index contributed by atoms with van der Waals surface area (Å²) in [6.07, 6.45) is -3.36. The van der Waals surface area contributed by atoms with E-state index in [9.17, 15) is 15.3 Å². The second-order valence-corrected chi connectivity index (χ2v) is 4.29. The quantitative estimate of drug-likeness (QED) is 0.201. The maximum atomic E-state index is 9.53. The summed E-state index contributed by atoms with van der Waals surface area (Å²) >= 11 is 0. The van der Waals surface area contributed by atoms with Gasteiger partial charge in [-0.25, -0.2) is 0 Å². The average molecular weight is 267 g/mol. The zero-order valence-electron chi connectivity index (χ0n) is 10.4. The Hall–Kier alpha value is -0.280. The minimum absolute atomic E-state index is 0.0789. The molecule has 0 saturated heterocycles. The van der Waals surface area contributed by atoms with Crippen LogP contribution < -0.4 is 5.32 Å². The minimum Gasteiger partial charge on any atom is -0.396 e. The smallest absolute Gasteiger partial charge is 0.111 e. The minimum atomic E-state index is -1.58. The van der Waals surface area contributed by atoms with Crippen molar-refractivity contribution in [2.75, 3.05) is 26.3 Å². The van der Waals surface area contributed by atoms with Crippen molar-refractivity contribution >= 4 is 0 Å². The van der Waals surface area contributed by atoms with Crippen LogP contribution in [0, 0.1) is 0 Å². The van der Waals surface area contributed by atoms with Gasteiger partial charge in [0, 0.05) is 13.2 Å². The van der Waals surface area contributed by atoms with Gasteiger partial charge in [0.05, 0.1) is 12.7 Å². The Balaban J connectivity index is 3.70. The van der Waals surface area contributed by atoms with Crippen molar-refractivity contribution in [3.63, 3.8) is 0 Å². The van der Waals surface area contributed by atoms with Gasteiger partial charge in [0.15, 0.2) is 0 Å². The van der Waals surface area contributed by atoms with E-state index in [-0.39, 0.29) is 13.2 Å². The van der Waals surface area contributed by atoms with Gasteiger partial charge in [0.25, 0.3) is 0 Å². The van der Waals surface area contributed by atoms with E-state index in [1.165, 1.54) is 0 Å². The molecule has 0 fully saturated rings. The summed E-state index contributed by atoms with van der Waals surface area (Å²) in [4.78, 5) is 0. The first-order valence-electron chi connectivity index (χ1n) is 6.19. The molecule has 0 bridgehead atoms. The van der Waals surface area contributed by atoms with Crippen LogP contribution in [0.15, 0.2) is 0 Å². The molecule has 0 aliphatic heterocycles. The fourth-order valence-electron chi connectivity index (χ4n) is 1.47. The van der Waals surface area contributed by atoms with E-state index in [0.717, 1.165) is 19.3 Å². The largest absolute Gasteiger partial charge is 0.396 e. The van der Waals surface area contributed by atoms with E-state index < -0.39 is 31.0 Å². The SMILES string of the molecule is OCCCCCNC[C@H](O)[C@@H](O)[C@H](O)[C@H](O)CO. The van der Waals surface area contributed by atoms with Crippen molar-refractivity contribution in [2.45, 2.75) is 43.7 Å². The van der Waals surface area contributed by atoms with Crippen molar-refractivity contribution < 1.29 is 30.6 Å². The normalized spacial score (nSPS) is 18.3. The number of unbranched alkanes of at least 4 members (excludes halogenated alkanes) is 2. The fourth-order valence-corrected chi connectivity index (χ4v) is 1.47. The van der Waals surface area contributed by atoms with Crippen LogP contribution >= 0.6 is 0 Å². The Morgan fingerprint density at radius 1 is 0.778 bits per heavy atom. The van der Waals surface area contributed by atoms with E-state index in [1.54, 1.807) is 0 Å². The van der Waals surface area contributed by atoms with Gasteiger partial charge in [0.1, 0.15) is 18.3 Å². The topological polar surface area (TPSA) is 133 Å². The Labute approximate surface area is 107 Å². The van der Waals surface area contributed by atoms with Crippen LogP contribution in [-0.2, 0) is 0 Å². The molecule has 110 valence electrons. The molecule has 7 N–H and O–H groups in total. The van der Waals surface area contributed by atoms with E-state index >= 15 is 0 Å². The summed E-state index contributed by atoms with van der Waals surface area (Å²) < 4.78 is 0. The first-order valence-corrected chi connectivity index (χ1v) is 6.19. The highest BCUT2D eigenvalue weighted by Crippen LogP contribution is 2.04. The number of hydrogen-bond acceptors (Lipinski definition) is 7. The molecule has 0 unspecified atom stereocenters. The molecular weight excluding hydrogens is 242 g/mol. The van der Waals surface area contributed by atoms with E-state index in [0.29, 0.717) is 6.54 Å². The Bertz CT molecular complexity index is 194. The Kier molecular flexibility index (Phi) is 10.5. The number of aliphatic hydroxyl groups excluding tert-OH is 6. The van der Waals surface area contributed by atoms with E-state index in [4.69, 9.17) is 15.3 Å². The lowest BCUT2D eigenvalue weighted by Gasteiger charge is -2.25. The third-order valence-electron chi connectivity index (χ3n) is 2.69. The highest BCUT2D eigenvalue weighted by molar-refractivity contribution is 4.81. The van der Waals surface area contributed by atoms with Crippen molar-refractivity contribution in [1.29, 1.82) is 0 Å². The highest BCUT2D eigenvalue weighted by Gasteiger charge is 2.29. The maximum Gasteiger partial charge on any atom is 0.111 e. The molecule has 0 saturated carbocycles. The van der Waals surface area contributed by atoms with Crippen molar-refractivity contribution in [2.24, 2.45) is 0 Å². The van der Waals surface area contributed by atoms with Gasteiger partial charge in [-0.3, -0.25) is 0 Å². The molecule has 0 aromatic rings. The van der Waals surface area contributed by atoms with Crippen LogP contribution in [0.1, 0.15) is 19.3 Å². The van der Waals surface area contributed by atoms with Gasteiger partial charge in [-0.2, -0.15) is 0 Å². The lowest BCUT2D eigenvalue weighted by atomic mass is 10.0. The number of aliphatic hydroxyl groups is 6. The lowest BCUT2D eigenvalue weighted by molar-refractivity contribution is -0.113. The molecule has 0 aliphatic carbocycles. The Morgan fingerprint density at radius 2 is 1.39 bits per heavy atom. The number of nitrogens with one attached hydrogen (secondary N) is 1. The van der Waals surface area contributed by atoms with Crippen molar-refractivity contribution in [1.82, 2.24) is 5.32 Å². The highest BCUT2D eigenvalue weighted by atomic mass is 16.4. The van der Waals surface area contributed by atoms with Gasteiger partial charge < -0.3 is 36.0 Å². The summed E-state index contributed by atoms with van der Waals surface area (Å²) in [6.45, 7) is 0.185. The summed E-state index contributed by atoms with van der Waals surface area (Å²) in [5.41, 5.74) is 0. The molecule has 0 heterocycles. The molecule has 0 spiro atoms.